The van der Waals surface area contributed by atoms with Crippen LogP contribution in [-0.4, -0.2) is 17.6 Å². The highest BCUT2D eigenvalue weighted by Gasteiger charge is 2.24. The van der Waals surface area contributed by atoms with Crippen molar-refractivity contribution in [1.29, 1.82) is 0 Å². The molecule has 2 atom stereocenters. The number of hydrogen-bond acceptors (Lipinski definition) is 2. The molecular formula is C9H19NO2. The fourth-order valence-electron chi connectivity index (χ4n) is 1.56. The molecule has 0 aromatic rings. The van der Waals surface area contributed by atoms with Crippen LogP contribution < -0.4 is 5.73 Å². The first-order valence-corrected chi connectivity index (χ1v) is 4.60. The standard InChI is InChI=1S/C9H19NO2/c1-3-5-7(6-10)8(4-2)9(11)12/h7-8H,3-6,10H2,1-2H3,(H,11,12). The van der Waals surface area contributed by atoms with Crippen LogP contribution in [0.2, 0.25) is 0 Å². The molecule has 0 aromatic carbocycles. The normalized spacial score (nSPS) is 15.6. The smallest absolute Gasteiger partial charge is 0.306 e. The van der Waals surface area contributed by atoms with Crippen LogP contribution in [0.3, 0.4) is 0 Å². The highest BCUT2D eigenvalue weighted by molar-refractivity contribution is 5.70. The second kappa shape index (κ2) is 6.00. The highest BCUT2D eigenvalue weighted by atomic mass is 16.4. The molecular weight excluding hydrogens is 154 g/mol. The van der Waals surface area contributed by atoms with Gasteiger partial charge in [0.05, 0.1) is 5.92 Å². The summed E-state index contributed by atoms with van der Waals surface area (Å²) in [6.07, 6.45) is 2.60. The largest absolute Gasteiger partial charge is 0.481 e. The van der Waals surface area contributed by atoms with E-state index in [2.05, 4.69) is 6.92 Å². The summed E-state index contributed by atoms with van der Waals surface area (Å²) in [6.45, 7) is 4.44. The molecule has 0 fully saturated rings. The lowest BCUT2D eigenvalue weighted by Crippen LogP contribution is -2.28. The van der Waals surface area contributed by atoms with Gasteiger partial charge in [0.1, 0.15) is 0 Å². The fraction of sp³-hybridized carbons (Fsp3) is 0.889. The van der Waals surface area contributed by atoms with Gasteiger partial charge in [0.25, 0.3) is 0 Å². The van der Waals surface area contributed by atoms with Crippen molar-refractivity contribution in [3.05, 3.63) is 0 Å². The second-order valence-corrected chi connectivity index (χ2v) is 3.14. The molecule has 0 aliphatic carbocycles. The van der Waals surface area contributed by atoms with Crippen molar-refractivity contribution in [2.75, 3.05) is 6.54 Å². The summed E-state index contributed by atoms with van der Waals surface area (Å²) in [7, 11) is 0. The van der Waals surface area contributed by atoms with E-state index in [0.717, 1.165) is 12.8 Å². The molecule has 0 radical (unpaired) electrons. The van der Waals surface area contributed by atoms with Crippen LogP contribution in [0.25, 0.3) is 0 Å². The average molecular weight is 173 g/mol. The van der Waals surface area contributed by atoms with Crippen molar-refractivity contribution in [2.45, 2.75) is 33.1 Å². The van der Waals surface area contributed by atoms with E-state index < -0.39 is 5.97 Å². The molecule has 0 bridgehead atoms. The van der Waals surface area contributed by atoms with Crippen molar-refractivity contribution in [2.24, 2.45) is 17.6 Å². The first-order chi connectivity index (χ1) is 5.67. The summed E-state index contributed by atoms with van der Waals surface area (Å²) in [5.74, 6) is -0.811. The monoisotopic (exact) mass is 173 g/mol. The summed E-state index contributed by atoms with van der Waals surface area (Å²) in [5, 5.41) is 8.85. The van der Waals surface area contributed by atoms with Gasteiger partial charge in [0.2, 0.25) is 0 Å². The van der Waals surface area contributed by atoms with Gasteiger partial charge in [-0.1, -0.05) is 20.3 Å². The molecule has 0 rings (SSSR count). The van der Waals surface area contributed by atoms with Crippen LogP contribution in [0, 0.1) is 11.8 Å². The molecule has 0 saturated carbocycles. The number of aliphatic carboxylic acids is 1. The molecule has 0 heterocycles. The van der Waals surface area contributed by atoms with Crippen LogP contribution in [0.4, 0.5) is 0 Å². The van der Waals surface area contributed by atoms with Crippen molar-refractivity contribution >= 4 is 5.97 Å². The van der Waals surface area contributed by atoms with E-state index in [1.54, 1.807) is 0 Å². The Kier molecular flexibility index (Phi) is 5.72. The van der Waals surface area contributed by atoms with Crippen LogP contribution >= 0.6 is 0 Å². The number of nitrogens with two attached hydrogens (primary N) is 1. The van der Waals surface area contributed by atoms with Gasteiger partial charge in [-0.25, -0.2) is 0 Å². The first kappa shape index (κ1) is 11.4. The minimum atomic E-state index is -0.707. The van der Waals surface area contributed by atoms with E-state index in [4.69, 9.17) is 10.8 Å². The molecule has 12 heavy (non-hydrogen) atoms. The van der Waals surface area contributed by atoms with Crippen molar-refractivity contribution < 1.29 is 9.90 Å². The van der Waals surface area contributed by atoms with Crippen LogP contribution in [0.1, 0.15) is 33.1 Å². The molecule has 3 nitrogen and oxygen atoms in total. The quantitative estimate of drug-likeness (QED) is 0.639. The predicted octanol–water partition coefficient (Wildman–Crippen LogP) is 1.47. The summed E-state index contributed by atoms with van der Waals surface area (Å²) in [5.41, 5.74) is 5.51. The summed E-state index contributed by atoms with van der Waals surface area (Å²) >= 11 is 0. The molecule has 0 aromatic heterocycles. The van der Waals surface area contributed by atoms with Gasteiger partial charge in [-0.15, -0.1) is 0 Å². The van der Waals surface area contributed by atoms with Gasteiger partial charge in [-0.3, -0.25) is 4.79 Å². The Morgan fingerprint density at radius 3 is 2.33 bits per heavy atom. The Bertz CT molecular complexity index is 136. The van der Waals surface area contributed by atoms with Crippen molar-refractivity contribution in [1.82, 2.24) is 0 Å². The van der Waals surface area contributed by atoms with E-state index in [0.29, 0.717) is 13.0 Å². The molecule has 3 heteroatoms. The third-order valence-electron chi connectivity index (χ3n) is 2.29. The average Bonchev–Trinajstić information content (AvgIpc) is 2.03. The zero-order valence-electron chi connectivity index (χ0n) is 7.92. The summed E-state index contributed by atoms with van der Waals surface area (Å²) in [6, 6.07) is 0. The molecule has 3 N–H and O–H groups in total. The lowest BCUT2D eigenvalue weighted by molar-refractivity contribution is -0.143. The van der Waals surface area contributed by atoms with E-state index in [-0.39, 0.29) is 11.8 Å². The van der Waals surface area contributed by atoms with Crippen LogP contribution in [0.15, 0.2) is 0 Å². The fourth-order valence-corrected chi connectivity index (χ4v) is 1.56. The number of carboxylic acid groups (broad SMARTS) is 1. The van der Waals surface area contributed by atoms with Gasteiger partial charge in [-0.05, 0) is 25.3 Å². The minimum Gasteiger partial charge on any atom is -0.481 e. The zero-order valence-corrected chi connectivity index (χ0v) is 7.92. The predicted molar refractivity (Wildman–Crippen MR) is 48.9 cm³/mol. The lowest BCUT2D eigenvalue weighted by Gasteiger charge is -2.20. The third-order valence-corrected chi connectivity index (χ3v) is 2.29. The topological polar surface area (TPSA) is 63.3 Å². The molecule has 0 aliphatic rings. The first-order valence-electron chi connectivity index (χ1n) is 4.60. The lowest BCUT2D eigenvalue weighted by atomic mass is 9.87. The van der Waals surface area contributed by atoms with Gasteiger partial charge in [0.15, 0.2) is 0 Å². The SMILES string of the molecule is CCCC(CN)C(CC)C(=O)O. The molecule has 72 valence electrons. The van der Waals surface area contributed by atoms with E-state index in [1.807, 2.05) is 6.92 Å². The van der Waals surface area contributed by atoms with E-state index in [9.17, 15) is 4.79 Å². The van der Waals surface area contributed by atoms with Gasteiger partial charge >= 0.3 is 5.97 Å². The Hall–Kier alpha value is -0.570. The van der Waals surface area contributed by atoms with Gasteiger partial charge < -0.3 is 10.8 Å². The third kappa shape index (κ3) is 3.22. The van der Waals surface area contributed by atoms with Gasteiger partial charge in [-0.2, -0.15) is 0 Å². The zero-order chi connectivity index (χ0) is 9.56. The Morgan fingerprint density at radius 1 is 1.50 bits per heavy atom. The number of carboxylic acids is 1. The summed E-state index contributed by atoms with van der Waals surface area (Å²) in [4.78, 5) is 10.8. The minimum absolute atomic E-state index is 0.150. The number of hydrogen-bond donors (Lipinski definition) is 2. The Morgan fingerprint density at radius 2 is 2.08 bits per heavy atom. The van der Waals surface area contributed by atoms with Gasteiger partial charge in [0, 0.05) is 0 Å². The number of carbonyl (C=O) groups is 1. The molecule has 2 unspecified atom stereocenters. The second-order valence-electron chi connectivity index (χ2n) is 3.14. The highest BCUT2D eigenvalue weighted by Crippen LogP contribution is 2.19. The van der Waals surface area contributed by atoms with Crippen LogP contribution in [-0.2, 0) is 4.79 Å². The summed E-state index contributed by atoms with van der Waals surface area (Å²) < 4.78 is 0. The maximum Gasteiger partial charge on any atom is 0.306 e. The Balaban J connectivity index is 4.12. The molecule has 0 amide bonds. The number of rotatable bonds is 6. The van der Waals surface area contributed by atoms with Crippen molar-refractivity contribution in [3.63, 3.8) is 0 Å². The maximum atomic E-state index is 10.8. The molecule has 0 saturated heterocycles. The Labute approximate surface area is 74.0 Å². The van der Waals surface area contributed by atoms with Crippen molar-refractivity contribution in [3.8, 4) is 0 Å². The van der Waals surface area contributed by atoms with Crippen LogP contribution in [0.5, 0.6) is 0 Å². The van der Waals surface area contributed by atoms with E-state index >= 15 is 0 Å². The molecule has 0 aliphatic heterocycles. The van der Waals surface area contributed by atoms with E-state index in [1.165, 1.54) is 0 Å². The molecule has 0 spiro atoms. The maximum absolute atomic E-state index is 10.8.